The number of unbranched alkanes of at least 4 members (excludes halogenated alkanes) is 5. The summed E-state index contributed by atoms with van der Waals surface area (Å²) in [4.78, 5) is 0.831. The molecule has 0 amide bonds. The predicted molar refractivity (Wildman–Crippen MR) is 95.9 cm³/mol. The molecular weight excluding hydrogens is 310 g/mol. The molecule has 0 aliphatic carbocycles. The first-order valence-corrected chi connectivity index (χ1v) is 9.84. The van der Waals surface area contributed by atoms with Gasteiger partial charge >= 0.3 is 0 Å². The lowest BCUT2D eigenvalue weighted by atomic mass is 9.94. The molecule has 0 bridgehead atoms. The topological polar surface area (TPSA) is 89.5 Å². The van der Waals surface area contributed by atoms with Gasteiger partial charge in [-0.2, -0.15) is 0 Å². The second-order valence-corrected chi connectivity index (χ2v) is 7.89. The number of rotatable bonds is 12. The van der Waals surface area contributed by atoms with Gasteiger partial charge in [0.15, 0.2) is 4.90 Å². The van der Waals surface area contributed by atoms with E-state index in [2.05, 4.69) is 6.92 Å². The summed E-state index contributed by atoms with van der Waals surface area (Å²) in [6.45, 7) is 1.67. The first-order chi connectivity index (χ1) is 11.0. The van der Waals surface area contributed by atoms with Crippen LogP contribution in [0.3, 0.4) is 0 Å². The van der Waals surface area contributed by atoms with E-state index in [1.165, 1.54) is 25.7 Å². The Bertz CT molecular complexity index is 421. The zero-order valence-corrected chi connectivity index (χ0v) is 15.0. The zero-order valence-electron chi connectivity index (χ0n) is 14.2. The molecule has 132 valence electrons. The molecule has 1 aromatic rings. The molecular formula is C18H31NO3S. The summed E-state index contributed by atoms with van der Waals surface area (Å²) in [5.74, 6) is 0.708. The summed E-state index contributed by atoms with van der Waals surface area (Å²) in [6, 6.07) is 7.47. The third-order valence-corrected chi connectivity index (χ3v) is 5.51. The van der Waals surface area contributed by atoms with Crippen LogP contribution in [-0.4, -0.2) is 39.3 Å². The van der Waals surface area contributed by atoms with Gasteiger partial charge in [0.25, 0.3) is 0 Å². The molecule has 4 N–H and O–H groups in total. The predicted octanol–water partition coefficient (Wildman–Crippen LogP) is 2.38. The van der Waals surface area contributed by atoms with Gasteiger partial charge in [0.1, 0.15) is 5.75 Å². The fourth-order valence-corrected chi connectivity index (χ4v) is 3.60. The summed E-state index contributed by atoms with van der Waals surface area (Å²) in [7, 11) is 0. The molecule has 23 heavy (non-hydrogen) atoms. The van der Waals surface area contributed by atoms with E-state index in [1.54, 1.807) is 0 Å². The smallest absolute Gasteiger partial charge is 0.152 e. The van der Waals surface area contributed by atoms with Crippen LogP contribution in [0, 0.1) is 0 Å². The van der Waals surface area contributed by atoms with E-state index in [-0.39, 0.29) is 13.2 Å². The first-order valence-electron chi connectivity index (χ1n) is 8.52. The van der Waals surface area contributed by atoms with Crippen LogP contribution in [0.5, 0.6) is 0 Å². The molecule has 0 saturated carbocycles. The van der Waals surface area contributed by atoms with Crippen molar-refractivity contribution in [2.75, 3.05) is 19.0 Å². The molecule has 1 atom stereocenters. The van der Waals surface area contributed by atoms with Gasteiger partial charge in [0.05, 0.1) is 18.8 Å². The van der Waals surface area contributed by atoms with E-state index in [1.807, 2.05) is 24.3 Å². The second kappa shape index (κ2) is 11.0. The molecule has 1 unspecified atom stereocenters. The zero-order chi connectivity index (χ0) is 17.1. The van der Waals surface area contributed by atoms with Crippen molar-refractivity contribution in [3.05, 3.63) is 29.8 Å². The Balaban J connectivity index is 2.40. The van der Waals surface area contributed by atoms with Crippen molar-refractivity contribution >= 4 is 11.2 Å². The highest BCUT2D eigenvalue weighted by Crippen LogP contribution is 2.17. The molecule has 0 aliphatic heterocycles. The quantitative estimate of drug-likeness (QED) is 0.402. The van der Waals surface area contributed by atoms with Crippen molar-refractivity contribution in [2.24, 2.45) is 5.73 Å². The maximum absolute atomic E-state index is 12.2. The summed E-state index contributed by atoms with van der Waals surface area (Å²) >= 11 is -0.956. The van der Waals surface area contributed by atoms with Crippen LogP contribution in [0.4, 0.5) is 0 Å². The maximum Gasteiger partial charge on any atom is 0.152 e. The minimum Gasteiger partial charge on any atom is -0.611 e. The van der Waals surface area contributed by atoms with Crippen molar-refractivity contribution < 1.29 is 14.8 Å². The molecule has 5 heteroatoms. The highest BCUT2D eigenvalue weighted by Gasteiger charge is 2.23. The summed E-state index contributed by atoms with van der Waals surface area (Å²) < 4.78 is 12.2. The monoisotopic (exact) mass is 341 g/mol. The maximum atomic E-state index is 12.2. The van der Waals surface area contributed by atoms with Gasteiger partial charge in [0, 0.05) is 0 Å². The van der Waals surface area contributed by atoms with Gasteiger partial charge in [-0.05, 0) is 48.1 Å². The van der Waals surface area contributed by atoms with Crippen molar-refractivity contribution in [2.45, 2.75) is 62.3 Å². The molecule has 0 fully saturated rings. The van der Waals surface area contributed by atoms with Crippen molar-refractivity contribution in [3.63, 3.8) is 0 Å². The van der Waals surface area contributed by atoms with E-state index >= 15 is 0 Å². The normalized spacial score (nSPS) is 13.3. The molecule has 1 aromatic carbocycles. The molecule has 0 aliphatic rings. The highest BCUT2D eigenvalue weighted by molar-refractivity contribution is 7.91. The fourth-order valence-electron chi connectivity index (χ4n) is 2.46. The molecule has 0 aromatic heterocycles. The Morgan fingerprint density at radius 3 is 2.13 bits per heavy atom. The SMILES string of the molecule is CCCCCCCC[S+]([O-])c1ccc(CC(N)(CO)CO)cc1. The standard InChI is InChI=1S/C18H31NO3S/c1-2-3-4-5-6-7-12-23(22)17-10-8-16(9-11-17)13-18(19,14-20)15-21/h8-11,20-21H,2-7,12-15,19H2,1H3. The number of benzene rings is 1. The number of aliphatic hydroxyl groups excluding tert-OH is 2. The molecule has 0 saturated heterocycles. The second-order valence-electron chi connectivity index (χ2n) is 6.32. The van der Waals surface area contributed by atoms with Crippen LogP contribution < -0.4 is 5.73 Å². The van der Waals surface area contributed by atoms with Gasteiger partial charge in [-0.1, -0.05) is 44.7 Å². The third kappa shape index (κ3) is 7.68. The minimum atomic E-state index is -1.00. The molecule has 0 spiro atoms. The van der Waals surface area contributed by atoms with Crippen LogP contribution in [0.15, 0.2) is 29.2 Å². The number of hydrogen-bond acceptors (Lipinski definition) is 4. The molecule has 0 heterocycles. The Hall–Kier alpha value is -0.590. The highest BCUT2D eigenvalue weighted by atomic mass is 32.2. The third-order valence-electron chi connectivity index (χ3n) is 4.06. The van der Waals surface area contributed by atoms with Crippen molar-refractivity contribution in [3.8, 4) is 0 Å². The lowest BCUT2D eigenvalue weighted by Crippen LogP contribution is -2.49. The van der Waals surface area contributed by atoms with E-state index in [0.29, 0.717) is 12.2 Å². The van der Waals surface area contributed by atoms with Gasteiger partial charge in [0.2, 0.25) is 0 Å². The van der Waals surface area contributed by atoms with E-state index in [4.69, 9.17) is 5.73 Å². The van der Waals surface area contributed by atoms with Crippen LogP contribution >= 0.6 is 0 Å². The van der Waals surface area contributed by atoms with Gasteiger partial charge in [-0.15, -0.1) is 0 Å². The van der Waals surface area contributed by atoms with Gasteiger partial charge in [-0.25, -0.2) is 0 Å². The Kier molecular flexibility index (Phi) is 9.83. The van der Waals surface area contributed by atoms with E-state index in [0.717, 1.165) is 23.3 Å². The molecule has 1 rings (SSSR count). The Labute approximate surface area is 143 Å². The van der Waals surface area contributed by atoms with E-state index < -0.39 is 16.7 Å². The average molecular weight is 342 g/mol. The van der Waals surface area contributed by atoms with E-state index in [9.17, 15) is 14.8 Å². The van der Waals surface area contributed by atoms with Crippen molar-refractivity contribution in [1.82, 2.24) is 0 Å². The van der Waals surface area contributed by atoms with Crippen LogP contribution in [0.25, 0.3) is 0 Å². The Morgan fingerprint density at radius 2 is 1.57 bits per heavy atom. The summed E-state index contributed by atoms with van der Waals surface area (Å²) in [5, 5.41) is 18.5. The number of nitrogens with two attached hydrogens (primary N) is 1. The van der Waals surface area contributed by atoms with Crippen LogP contribution in [0.2, 0.25) is 0 Å². The van der Waals surface area contributed by atoms with Crippen LogP contribution in [-0.2, 0) is 17.6 Å². The Morgan fingerprint density at radius 1 is 1.00 bits per heavy atom. The molecule has 0 radical (unpaired) electrons. The summed E-state index contributed by atoms with van der Waals surface area (Å²) in [5.41, 5.74) is 5.81. The lowest BCUT2D eigenvalue weighted by Gasteiger charge is -2.24. The van der Waals surface area contributed by atoms with Crippen LogP contribution in [0.1, 0.15) is 51.0 Å². The first kappa shape index (κ1) is 20.5. The average Bonchev–Trinajstić information content (AvgIpc) is 2.58. The number of hydrogen-bond donors (Lipinski definition) is 3. The number of aliphatic hydroxyl groups is 2. The fraction of sp³-hybridized carbons (Fsp3) is 0.667. The van der Waals surface area contributed by atoms with Gasteiger partial charge < -0.3 is 20.5 Å². The van der Waals surface area contributed by atoms with Crippen molar-refractivity contribution in [1.29, 1.82) is 0 Å². The largest absolute Gasteiger partial charge is 0.611 e. The lowest BCUT2D eigenvalue weighted by molar-refractivity contribution is 0.121. The minimum absolute atomic E-state index is 0.269. The van der Waals surface area contributed by atoms with Gasteiger partial charge in [-0.3, -0.25) is 0 Å². The molecule has 4 nitrogen and oxygen atoms in total. The summed E-state index contributed by atoms with van der Waals surface area (Å²) in [6.07, 6.45) is 7.57.